The Morgan fingerprint density at radius 3 is 2.57 bits per heavy atom. The zero-order chi connectivity index (χ0) is 20.7. The van der Waals surface area contributed by atoms with Gasteiger partial charge in [-0.3, -0.25) is 9.59 Å². The van der Waals surface area contributed by atoms with Crippen molar-refractivity contribution in [1.29, 1.82) is 0 Å². The normalized spacial score (nSPS) is 11.1. The number of benzene rings is 2. The molecule has 0 unspecified atom stereocenters. The molecule has 7 nitrogen and oxygen atoms in total. The van der Waals surface area contributed by atoms with E-state index < -0.39 is 15.9 Å². The highest BCUT2D eigenvalue weighted by Crippen LogP contribution is 2.20. The van der Waals surface area contributed by atoms with E-state index in [2.05, 4.69) is 31.3 Å². The van der Waals surface area contributed by atoms with Gasteiger partial charge in [0.2, 0.25) is 15.9 Å². The third-order valence-electron chi connectivity index (χ3n) is 3.85. The third-order valence-corrected chi connectivity index (χ3v) is 5.89. The first-order valence-electron chi connectivity index (χ1n) is 8.67. The summed E-state index contributed by atoms with van der Waals surface area (Å²) in [5.41, 5.74) is 1.84. The molecule has 0 aliphatic rings. The smallest absolute Gasteiger partial charge is 0.251 e. The first-order chi connectivity index (χ1) is 13.2. The van der Waals surface area contributed by atoms with Crippen molar-refractivity contribution >= 4 is 43.5 Å². The first kappa shape index (κ1) is 22.1. The van der Waals surface area contributed by atoms with Gasteiger partial charge in [-0.05, 0) is 42.8 Å². The van der Waals surface area contributed by atoms with Crippen molar-refractivity contribution in [2.24, 2.45) is 0 Å². The number of hydrogen-bond donors (Lipinski definition) is 3. The Bertz CT molecular complexity index is 977. The summed E-state index contributed by atoms with van der Waals surface area (Å²) in [5, 5.41) is 5.43. The summed E-state index contributed by atoms with van der Waals surface area (Å²) >= 11 is 3.36. The van der Waals surface area contributed by atoms with E-state index in [9.17, 15) is 18.0 Å². The van der Waals surface area contributed by atoms with Crippen molar-refractivity contribution in [2.45, 2.75) is 25.2 Å². The molecule has 0 saturated heterocycles. The van der Waals surface area contributed by atoms with E-state index in [0.29, 0.717) is 5.69 Å². The summed E-state index contributed by atoms with van der Waals surface area (Å²) < 4.78 is 27.3. The molecule has 0 heterocycles. The fourth-order valence-corrected chi connectivity index (χ4v) is 3.86. The Labute approximate surface area is 173 Å². The second-order valence-corrected chi connectivity index (χ2v) is 8.73. The number of hydrogen-bond acceptors (Lipinski definition) is 4. The number of sulfonamides is 1. The highest BCUT2D eigenvalue weighted by atomic mass is 79.9. The van der Waals surface area contributed by atoms with Crippen LogP contribution in [-0.4, -0.2) is 33.3 Å². The molecule has 0 saturated carbocycles. The Balaban J connectivity index is 1.92. The van der Waals surface area contributed by atoms with E-state index in [1.807, 2.05) is 25.1 Å². The van der Waals surface area contributed by atoms with Crippen molar-refractivity contribution in [1.82, 2.24) is 10.0 Å². The molecule has 0 fully saturated rings. The van der Waals surface area contributed by atoms with Gasteiger partial charge in [0.15, 0.2) is 0 Å². The summed E-state index contributed by atoms with van der Waals surface area (Å²) in [7, 11) is -3.64. The Hall–Kier alpha value is -2.23. The van der Waals surface area contributed by atoms with Crippen molar-refractivity contribution < 1.29 is 18.0 Å². The second kappa shape index (κ2) is 9.81. The van der Waals surface area contributed by atoms with Crippen LogP contribution in [-0.2, 0) is 14.8 Å². The number of amides is 2. The minimum atomic E-state index is -3.64. The lowest BCUT2D eigenvalue weighted by molar-refractivity contribution is -0.116. The molecule has 0 radical (unpaired) electrons. The Kier molecular flexibility index (Phi) is 7.73. The molecule has 2 amide bonds. The fraction of sp³-hybridized carbons (Fsp3) is 0.263. The standard InChI is InChI=1S/C19H22BrN3O4S/c1-3-22-28(26,27)16-6-4-5-14(11-16)19(25)21-10-9-18(24)23-17-12-15(20)8-7-13(17)2/h4-8,11-12,22H,3,9-10H2,1-2H3,(H,21,25)(H,23,24). The molecule has 0 bridgehead atoms. The van der Waals surface area contributed by atoms with E-state index >= 15 is 0 Å². The van der Waals surface area contributed by atoms with Gasteiger partial charge in [0.25, 0.3) is 5.91 Å². The predicted molar refractivity (Wildman–Crippen MR) is 112 cm³/mol. The summed E-state index contributed by atoms with van der Waals surface area (Å²) in [6, 6.07) is 11.3. The summed E-state index contributed by atoms with van der Waals surface area (Å²) in [6.07, 6.45) is 0.0904. The molecule has 0 aliphatic heterocycles. The van der Waals surface area contributed by atoms with Crippen LogP contribution in [0, 0.1) is 6.92 Å². The molecular formula is C19H22BrN3O4S. The van der Waals surface area contributed by atoms with E-state index in [1.165, 1.54) is 24.3 Å². The van der Waals surface area contributed by atoms with Crippen LogP contribution in [0.5, 0.6) is 0 Å². The van der Waals surface area contributed by atoms with Crippen LogP contribution in [0.3, 0.4) is 0 Å². The zero-order valence-electron chi connectivity index (χ0n) is 15.6. The van der Waals surface area contributed by atoms with Gasteiger partial charge in [0, 0.05) is 35.2 Å². The molecule has 0 aromatic heterocycles. The molecular weight excluding hydrogens is 446 g/mol. The average molecular weight is 468 g/mol. The van der Waals surface area contributed by atoms with Crippen LogP contribution in [0.1, 0.15) is 29.3 Å². The number of carbonyl (C=O) groups is 2. The van der Waals surface area contributed by atoms with Gasteiger partial charge in [0.05, 0.1) is 4.90 Å². The minimum absolute atomic E-state index is 0.0184. The quantitative estimate of drug-likeness (QED) is 0.554. The molecule has 9 heteroatoms. The van der Waals surface area contributed by atoms with Crippen molar-refractivity contribution in [3.05, 3.63) is 58.1 Å². The third kappa shape index (κ3) is 6.15. The summed E-state index contributed by atoms with van der Waals surface area (Å²) in [5.74, 6) is -0.676. The molecule has 28 heavy (non-hydrogen) atoms. The van der Waals surface area contributed by atoms with Crippen LogP contribution in [0.4, 0.5) is 5.69 Å². The molecule has 3 N–H and O–H groups in total. The molecule has 0 aliphatic carbocycles. The molecule has 150 valence electrons. The maximum Gasteiger partial charge on any atom is 0.251 e. The van der Waals surface area contributed by atoms with E-state index in [4.69, 9.17) is 0 Å². The topological polar surface area (TPSA) is 104 Å². The van der Waals surface area contributed by atoms with E-state index in [0.717, 1.165) is 10.0 Å². The minimum Gasteiger partial charge on any atom is -0.352 e. The van der Waals surface area contributed by atoms with E-state index in [1.54, 1.807) is 6.92 Å². The maximum absolute atomic E-state index is 12.3. The average Bonchev–Trinajstić information content (AvgIpc) is 2.64. The van der Waals surface area contributed by atoms with Crippen LogP contribution in [0.2, 0.25) is 0 Å². The van der Waals surface area contributed by atoms with Gasteiger partial charge in [-0.1, -0.05) is 35.0 Å². The highest BCUT2D eigenvalue weighted by molar-refractivity contribution is 9.10. The first-order valence-corrected chi connectivity index (χ1v) is 10.9. The van der Waals surface area contributed by atoms with Crippen LogP contribution in [0.25, 0.3) is 0 Å². The fourth-order valence-electron chi connectivity index (χ4n) is 2.41. The predicted octanol–water partition coefficient (Wildman–Crippen LogP) is 2.81. The molecule has 2 aromatic rings. The van der Waals surface area contributed by atoms with Gasteiger partial charge < -0.3 is 10.6 Å². The van der Waals surface area contributed by atoms with Crippen molar-refractivity contribution in [2.75, 3.05) is 18.4 Å². The van der Waals surface area contributed by atoms with Crippen LogP contribution in [0.15, 0.2) is 51.8 Å². The maximum atomic E-state index is 12.3. The Morgan fingerprint density at radius 1 is 1.11 bits per heavy atom. The number of rotatable bonds is 8. The second-order valence-electron chi connectivity index (χ2n) is 6.04. The van der Waals surface area contributed by atoms with Crippen LogP contribution >= 0.6 is 15.9 Å². The largest absolute Gasteiger partial charge is 0.352 e. The summed E-state index contributed by atoms with van der Waals surface area (Å²) in [4.78, 5) is 24.4. The van der Waals surface area contributed by atoms with Crippen molar-refractivity contribution in [3.63, 3.8) is 0 Å². The van der Waals surface area contributed by atoms with Gasteiger partial charge in [-0.15, -0.1) is 0 Å². The van der Waals surface area contributed by atoms with E-state index in [-0.39, 0.29) is 35.9 Å². The molecule has 2 aromatic carbocycles. The lowest BCUT2D eigenvalue weighted by Crippen LogP contribution is -2.28. The van der Waals surface area contributed by atoms with Gasteiger partial charge in [-0.25, -0.2) is 13.1 Å². The Morgan fingerprint density at radius 2 is 1.86 bits per heavy atom. The molecule has 0 atom stereocenters. The number of aryl methyl sites for hydroxylation is 1. The van der Waals surface area contributed by atoms with Gasteiger partial charge >= 0.3 is 0 Å². The van der Waals surface area contributed by atoms with Gasteiger partial charge in [-0.2, -0.15) is 0 Å². The lowest BCUT2D eigenvalue weighted by Gasteiger charge is -2.10. The zero-order valence-corrected chi connectivity index (χ0v) is 18.0. The monoisotopic (exact) mass is 467 g/mol. The number of anilines is 1. The number of nitrogens with one attached hydrogen (secondary N) is 3. The van der Waals surface area contributed by atoms with Crippen LogP contribution < -0.4 is 15.4 Å². The molecule has 2 rings (SSSR count). The SMILES string of the molecule is CCNS(=O)(=O)c1cccc(C(=O)NCCC(=O)Nc2cc(Br)ccc2C)c1. The molecule has 0 spiro atoms. The van der Waals surface area contributed by atoms with Crippen molar-refractivity contribution in [3.8, 4) is 0 Å². The number of carbonyl (C=O) groups excluding carboxylic acids is 2. The van der Waals surface area contributed by atoms with Gasteiger partial charge in [0.1, 0.15) is 0 Å². The number of halogens is 1. The highest BCUT2D eigenvalue weighted by Gasteiger charge is 2.15. The summed E-state index contributed by atoms with van der Waals surface area (Å²) in [6.45, 7) is 3.94. The lowest BCUT2D eigenvalue weighted by atomic mass is 10.2.